The monoisotopic (exact) mass is 677 g/mol. The van der Waals surface area contributed by atoms with Gasteiger partial charge in [-0.25, -0.2) is 9.97 Å². The van der Waals surface area contributed by atoms with Gasteiger partial charge >= 0.3 is 0 Å². The Kier molecular flexibility index (Phi) is 5.71. The first-order valence-electron chi connectivity index (χ1n) is 17.8. The van der Waals surface area contributed by atoms with E-state index in [9.17, 15) is 0 Å². The molecule has 0 bridgehead atoms. The summed E-state index contributed by atoms with van der Waals surface area (Å²) >= 11 is 0. The number of hydrogen-bond donors (Lipinski definition) is 0. The maximum Gasteiger partial charge on any atom is 0.235 e. The van der Waals surface area contributed by atoms with Gasteiger partial charge in [-0.05, 0) is 57.9 Å². The largest absolute Gasteiger partial charge is 0.456 e. The summed E-state index contributed by atoms with van der Waals surface area (Å²) in [5, 5.41) is 11.4. The van der Waals surface area contributed by atoms with Gasteiger partial charge in [0.05, 0.1) is 22.4 Å². The summed E-state index contributed by atoms with van der Waals surface area (Å²) in [5.41, 5.74) is 9.02. The second-order valence-electron chi connectivity index (χ2n) is 13.7. The van der Waals surface area contributed by atoms with E-state index in [4.69, 9.17) is 18.8 Å². The van der Waals surface area contributed by atoms with E-state index in [2.05, 4.69) is 126 Å². The van der Waals surface area contributed by atoms with Crippen molar-refractivity contribution >= 4 is 87.2 Å². The molecule has 4 heterocycles. The molecule has 5 nitrogen and oxygen atoms in total. The summed E-state index contributed by atoms with van der Waals surface area (Å²) in [7, 11) is 0. The van der Waals surface area contributed by atoms with E-state index < -0.39 is 0 Å². The number of hydrogen-bond acceptors (Lipinski definition) is 4. The lowest BCUT2D eigenvalue weighted by molar-refractivity contribution is 0.656. The number of benzene rings is 8. The Bertz CT molecular complexity index is 3370. The topological polar surface area (TPSA) is 57.0 Å². The van der Waals surface area contributed by atoms with E-state index >= 15 is 0 Å². The summed E-state index contributed by atoms with van der Waals surface area (Å²) in [6.45, 7) is 0. The minimum atomic E-state index is 0.611. The summed E-state index contributed by atoms with van der Waals surface area (Å²) in [5.74, 6) is 0.611. The van der Waals surface area contributed by atoms with Crippen molar-refractivity contribution in [3.8, 4) is 28.5 Å². The van der Waals surface area contributed by atoms with Gasteiger partial charge in [0, 0.05) is 49.5 Å². The quantitative estimate of drug-likeness (QED) is 0.187. The standard InChI is InChI=1S/C48H27N3O2/c1-2-13-30(14-3-1)37-26-38(34-18-10-20-42-45(34)36-25-35-33-17-8-9-19-41(33)52-43(35)27-44(36)53-42)50-48(49-37)51-39-23-21-28-11-4-6-15-31(28)46(39)47-32-16-7-5-12-29(32)22-24-40(47)51/h1-27H. The molecule has 0 unspecified atom stereocenters. The van der Waals surface area contributed by atoms with Crippen LogP contribution in [0.3, 0.4) is 0 Å². The van der Waals surface area contributed by atoms with Crippen LogP contribution in [0.25, 0.3) is 116 Å². The highest BCUT2D eigenvalue weighted by Gasteiger charge is 2.22. The van der Waals surface area contributed by atoms with Gasteiger partial charge in [0.1, 0.15) is 22.3 Å². The molecule has 0 saturated heterocycles. The molecular formula is C48H27N3O2. The highest BCUT2D eigenvalue weighted by molar-refractivity contribution is 6.28. The van der Waals surface area contributed by atoms with E-state index in [1.807, 2.05) is 42.5 Å². The molecule has 0 atom stereocenters. The minimum absolute atomic E-state index is 0.611. The summed E-state index contributed by atoms with van der Waals surface area (Å²) < 4.78 is 15.0. The first kappa shape index (κ1) is 28.5. The van der Waals surface area contributed by atoms with Crippen molar-refractivity contribution in [2.24, 2.45) is 0 Å². The Morgan fingerprint density at radius 3 is 1.74 bits per heavy atom. The van der Waals surface area contributed by atoms with Gasteiger partial charge in [0.2, 0.25) is 5.95 Å². The third-order valence-corrected chi connectivity index (χ3v) is 10.8. The first-order valence-corrected chi connectivity index (χ1v) is 17.8. The molecule has 12 rings (SSSR count). The first-order chi connectivity index (χ1) is 26.3. The predicted molar refractivity (Wildman–Crippen MR) is 217 cm³/mol. The molecule has 0 aliphatic rings. The van der Waals surface area contributed by atoms with Crippen LogP contribution in [0.4, 0.5) is 0 Å². The summed E-state index contributed by atoms with van der Waals surface area (Å²) in [6, 6.07) is 57.2. The molecule has 4 aromatic heterocycles. The van der Waals surface area contributed by atoms with E-state index in [0.29, 0.717) is 5.95 Å². The van der Waals surface area contributed by atoms with Gasteiger partial charge in [0.15, 0.2) is 0 Å². The van der Waals surface area contributed by atoms with E-state index in [-0.39, 0.29) is 0 Å². The van der Waals surface area contributed by atoms with Crippen LogP contribution in [-0.4, -0.2) is 14.5 Å². The zero-order valence-corrected chi connectivity index (χ0v) is 28.2. The van der Waals surface area contributed by atoms with Crippen LogP contribution in [0.2, 0.25) is 0 Å². The lowest BCUT2D eigenvalue weighted by atomic mass is 10.00. The fourth-order valence-electron chi connectivity index (χ4n) is 8.45. The van der Waals surface area contributed by atoms with Crippen molar-refractivity contribution in [2.75, 3.05) is 0 Å². The van der Waals surface area contributed by atoms with Gasteiger partial charge < -0.3 is 8.83 Å². The Morgan fingerprint density at radius 1 is 0.377 bits per heavy atom. The maximum atomic E-state index is 6.52. The average molecular weight is 678 g/mol. The van der Waals surface area contributed by atoms with Crippen molar-refractivity contribution < 1.29 is 8.83 Å². The molecule has 53 heavy (non-hydrogen) atoms. The second kappa shape index (κ2) is 10.6. The number of aromatic nitrogens is 3. The van der Waals surface area contributed by atoms with Crippen molar-refractivity contribution in [1.29, 1.82) is 0 Å². The van der Waals surface area contributed by atoms with Gasteiger partial charge in [-0.15, -0.1) is 0 Å². The predicted octanol–water partition coefficient (Wildman–Crippen LogP) is 13.0. The Hall–Kier alpha value is -7.24. The zero-order valence-electron chi connectivity index (χ0n) is 28.2. The van der Waals surface area contributed by atoms with Crippen molar-refractivity contribution in [3.63, 3.8) is 0 Å². The van der Waals surface area contributed by atoms with Crippen LogP contribution in [-0.2, 0) is 0 Å². The van der Waals surface area contributed by atoms with Crippen molar-refractivity contribution in [1.82, 2.24) is 14.5 Å². The molecule has 12 aromatic rings. The van der Waals surface area contributed by atoms with E-state index in [1.54, 1.807) is 0 Å². The van der Waals surface area contributed by atoms with Crippen LogP contribution in [0, 0.1) is 0 Å². The van der Waals surface area contributed by atoms with Gasteiger partial charge in [-0.3, -0.25) is 4.57 Å². The molecular weight excluding hydrogens is 651 g/mol. The van der Waals surface area contributed by atoms with Crippen LogP contribution in [0.1, 0.15) is 0 Å². The molecule has 8 aromatic carbocycles. The van der Waals surface area contributed by atoms with Crippen LogP contribution >= 0.6 is 0 Å². The molecule has 5 heteroatoms. The molecule has 0 aliphatic carbocycles. The third-order valence-electron chi connectivity index (χ3n) is 10.8. The number of furan rings is 2. The summed E-state index contributed by atoms with van der Waals surface area (Å²) in [4.78, 5) is 10.8. The van der Waals surface area contributed by atoms with Crippen LogP contribution in [0.15, 0.2) is 173 Å². The minimum Gasteiger partial charge on any atom is -0.456 e. The van der Waals surface area contributed by atoms with E-state index in [1.165, 1.54) is 32.3 Å². The highest BCUT2D eigenvalue weighted by Crippen LogP contribution is 2.43. The normalized spacial score (nSPS) is 12.2. The Labute approximate surface area is 302 Å². The molecule has 246 valence electrons. The number of fused-ring (bicyclic) bond motifs is 13. The van der Waals surface area contributed by atoms with E-state index in [0.717, 1.165) is 77.4 Å². The molecule has 0 fully saturated rings. The fraction of sp³-hybridized carbons (Fsp3) is 0. The van der Waals surface area contributed by atoms with Crippen molar-refractivity contribution in [2.45, 2.75) is 0 Å². The Balaban J connectivity index is 1.20. The molecule has 0 N–H and O–H groups in total. The number of para-hydroxylation sites is 1. The SMILES string of the molecule is c1ccc(-c2cc(-c3cccc4oc5cc6oc7ccccc7c6cc5c34)nc(-n3c4ccc5ccccc5c4c4c5ccccc5ccc43)n2)cc1. The van der Waals surface area contributed by atoms with Crippen LogP contribution < -0.4 is 0 Å². The molecule has 0 saturated carbocycles. The lowest BCUT2D eigenvalue weighted by Crippen LogP contribution is -2.04. The van der Waals surface area contributed by atoms with Crippen LogP contribution in [0.5, 0.6) is 0 Å². The van der Waals surface area contributed by atoms with Gasteiger partial charge in [-0.1, -0.05) is 121 Å². The van der Waals surface area contributed by atoms with Crippen molar-refractivity contribution in [3.05, 3.63) is 164 Å². The molecule has 0 spiro atoms. The fourth-order valence-corrected chi connectivity index (χ4v) is 8.45. The highest BCUT2D eigenvalue weighted by atomic mass is 16.3. The lowest BCUT2D eigenvalue weighted by Gasteiger charge is -2.12. The average Bonchev–Trinajstić information content (AvgIpc) is 3.89. The van der Waals surface area contributed by atoms with Gasteiger partial charge in [0.25, 0.3) is 0 Å². The van der Waals surface area contributed by atoms with Gasteiger partial charge in [-0.2, -0.15) is 0 Å². The number of rotatable bonds is 3. The Morgan fingerprint density at radius 2 is 0.981 bits per heavy atom. The number of nitrogens with zero attached hydrogens (tertiary/aromatic N) is 3. The summed E-state index contributed by atoms with van der Waals surface area (Å²) in [6.07, 6.45) is 0. The second-order valence-corrected chi connectivity index (χ2v) is 13.7. The molecule has 0 amide bonds. The smallest absolute Gasteiger partial charge is 0.235 e. The maximum absolute atomic E-state index is 6.52. The molecule has 0 aliphatic heterocycles. The molecule has 0 radical (unpaired) electrons. The zero-order chi connectivity index (χ0) is 34.6. The third kappa shape index (κ3) is 4.07.